The summed E-state index contributed by atoms with van der Waals surface area (Å²) in [4.78, 5) is 15.0. The van der Waals surface area contributed by atoms with Crippen LogP contribution < -0.4 is 0 Å². The number of rotatable bonds is 6. The molecule has 18 heavy (non-hydrogen) atoms. The molecule has 0 amide bonds. The second-order valence-electron chi connectivity index (χ2n) is 4.64. The lowest BCUT2D eigenvalue weighted by Crippen LogP contribution is -2.05. The molecule has 0 atom stereocenters. The van der Waals surface area contributed by atoms with Gasteiger partial charge in [0, 0.05) is 0 Å². The van der Waals surface area contributed by atoms with Crippen LogP contribution in [0, 0.1) is 5.92 Å². The molecule has 0 bridgehead atoms. The third-order valence-electron chi connectivity index (χ3n) is 2.41. The van der Waals surface area contributed by atoms with E-state index in [0.29, 0.717) is 11.6 Å². The van der Waals surface area contributed by atoms with Gasteiger partial charge in [0.25, 0.3) is 0 Å². The van der Waals surface area contributed by atoms with Crippen molar-refractivity contribution in [3.63, 3.8) is 0 Å². The molecule has 0 aliphatic carbocycles. The van der Waals surface area contributed by atoms with Crippen molar-refractivity contribution in [1.82, 2.24) is 0 Å². The second-order valence-corrected chi connectivity index (χ2v) is 4.64. The van der Waals surface area contributed by atoms with Crippen molar-refractivity contribution in [2.75, 3.05) is 6.61 Å². The summed E-state index contributed by atoms with van der Waals surface area (Å²) in [7, 11) is 0. The summed E-state index contributed by atoms with van der Waals surface area (Å²) in [5.41, 5.74) is 2.90. The highest BCUT2D eigenvalue weighted by molar-refractivity contribution is 5.98. The summed E-state index contributed by atoms with van der Waals surface area (Å²) in [5.74, 6) is -0.400. The first-order valence-corrected chi connectivity index (χ1v) is 5.96. The van der Waals surface area contributed by atoms with E-state index in [2.05, 4.69) is 31.1 Å². The molecule has 0 radical (unpaired) electrons. The zero-order chi connectivity index (χ0) is 13.5. The van der Waals surface area contributed by atoms with Crippen LogP contribution >= 0.6 is 0 Å². The molecular formula is C14H19NO3. The zero-order valence-electron chi connectivity index (χ0n) is 11.0. The van der Waals surface area contributed by atoms with E-state index >= 15 is 0 Å². The van der Waals surface area contributed by atoms with Crippen molar-refractivity contribution in [3.05, 3.63) is 35.4 Å². The van der Waals surface area contributed by atoms with Crippen LogP contribution in [0.5, 0.6) is 0 Å². The first-order valence-electron chi connectivity index (χ1n) is 5.96. The Kier molecular flexibility index (Phi) is 5.36. The van der Waals surface area contributed by atoms with Crippen molar-refractivity contribution in [2.45, 2.75) is 27.2 Å². The molecule has 1 aromatic carbocycles. The average Bonchev–Trinajstić information content (AvgIpc) is 2.28. The Morgan fingerprint density at radius 1 is 1.33 bits per heavy atom. The standard InChI is InChI=1S/C14H19NO3/c1-10(2)8-12-4-6-13(7-5-12)11(3)15-18-9-14(16)17/h4-7,10H,8-9H2,1-3H3,(H,16,17). The predicted octanol–water partition coefficient (Wildman–Crippen LogP) is 2.71. The molecule has 4 nitrogen and oxygen atoms in total. The third kappa shape index (κ3) is 4.99. The number of carboxylic acid groups (broad SMARTS) is 1. The first kappa shape index (κ1) is 14.2. The number of hydrogen-bond acceptors (Lipinski definition) is 3. The fraction of sp³-hybridized carbons (Fsp3) is 0.429. The van der Waals surface area contributed by atoms with E-state index in [1.165, 1.54) is 5.56 Å². The fourth-order valence-corrected chi connectivity index (χ4v) is 1.59. The quantitative estimate of drug-likeness (QED) is 0.623. The number of benzene rings is 1. The van der Waals surface area contributed by atoms with E-state index in [1.54, 1.807) is 6.92 Å². The molecule has 1 aromatic rings. The van der Waals surface area contributed by atoms with E-state index in [0.717, 1.165) is 12.0 Å². The average molecular weight is 249 g/mol. The SMILES string of the molecule is CC(=NOCC(=O)O)c1ccc(CC(C)C)cc1. The number of hydrogen-bond donors (Lipinski definition) is 1. The molecule has 0 saturated heterocycles. The highest BCUT2D eigenvalue weighted by atomic mass is 16.6. The largest absolute Gasteiger partial charge is 0.479 e. The van der Waals surface area contributed by atoms with Crippen LogP contribution in [0.2, 0.25) is 0 Å². The Morgan fingerprint density at radius 2 is 1.94 bits per heavy atom. The smallest absolute Gasteiger partial charge is 0.344 e. The van der Waals surface area contributed by atoms with Gasteiger partial charge >= 0.3 is 5.97 Å². The van der Waals surface area contributed by atoms with Crippen LogP contribution in [-0.4, -0.2) is 23.4 Å². The molecular weight excluding hydrogens is 230 g/mol. The van der Waals surface area contributed by atoms with Crippen molar-refractivity contribution in [1.29, 1.82) is 0 Å². The van der Waals surface area contributed by atoms with Gasteiger partial charge in [-0.1, -0.05) is 43.3 Å². The molecule has 0 aliphatic rings. The van der Waals surface area contributed by atoms with Gasteiger partial charge in [-0.2, -0.15) is 0 Å². The lowest BCUT2D eigenvalue weighted by atomic mass is 10.0. The number of aliphatic carboxylic acids is 1. The van der Waals surface area contributed by atoms with Gasteiger partial charge in [-0.25, -0.2) is 4.79 Å². The van der Waals surface area contributed by atoms with Gasteiger partial charge in [0.2, 0.25) is 6.61 Å². The van der Waals surface area contributed by atoms with Crippen LogP contribution in [0.1, 0.15) is 31.9 Å². The number of carbonyl (C=O) groups is 1. The Morgan fingerprint density at radius 3 is 2.44 bits per heavy atom. The lowest BCUT2D eigenvalue weighted by molar-refractivity contribution is -0.142. The van der Waals surface area contributed by atoms with Gasteiger partial charge in [0.15, 0.2) is 0 Å². The Hall–Kier alpha value is -1.84. The van der Waals surface area contributed by atoms with Crippen LogP contribution in [-0.2, 0) is 16.1 Å². The van der Waals surface area contributed by atoms with Crippen LogP contribution in [0.3, 0.4) is 0 Å². The van der Waals surface area contributed by atoms with Crippen molar-refractivity contribution in [3.8, 4) is 0 Å². The molecule has 0 unspecified atom stereocenters. The Balaban J connectivity index is 2.63. The van der Waals surface area contributed by atoms with Gasteiger partial charge in [-0.05, 0) is 30.4 Å². The molecule has 0 aromatic heterocycles. The van der Waals surface area contributed by atoms with Gasteiger partial charge in [0.1, 0.15) is 0 Å². The molecule has 0 spiro atoms. The molecule has 0 fully saturated rings. The number of carboxylic acids is 1. The Labute approximate surface area is 107 Å². The molecule has 0 heterocycles. The van der Waals surface area contributed by atoms with Crippen LogP contribution in [0.25, 0.3) is 0 Å². The number of oxime groups is 1. The van der Waals surface area contributed by atoms with Gasteiger partial charge in [0.05, 0.1) is 5.71 Å². The predicted molar refractivity (Wildman–Crippen MR) is 70.8 cm³/mol. The highest BCUT2D eigenvalue weighted by Gasteiger charge is 2.01. The zero-order valence-corrected chi connectivity index (χ0v) is 11.0. The lowest BCUT2D eigenvalue weighted by Gasteiger charge is -2.06. The van der Waals surface area contributed by atoms with E-state index in [9.17, 15) is 4.79 Å². The van der Waals surface area contributed by atoms with E-state index in [4.69, 9.17) is 9.94 Å². The summed E-state index contributed by atoms with van der Waals surface area (Å²) < 4.78 is 0. The maximum atomic E-state index is 10.3. The molecule has 0 saturated carbocycles. The van der Waals surface area contributed by atoms with E-state index in [-0.39, 0.29) is 0 Å². The minimum atomic E-state index is -1.03. The minimum absolute atomic E-state index is 0.414. The normalized spacial score (nSPS) is 11.7. The summed E-state index contributed by atoms with van der Waals surface area (Å²) in [5, 5.41) is 12.2. The fourth-order valence-electron chi connectivity index (χ4n) is 1.59. The molecule has 1 rings (SSSR count). The van der Waals surface area contributed by atoms with Crippen LogP contribution in [0.15, 0.2) is 29.4 Å². The molecule has 1 N–H and O–H groups in total. The summed E-state index contributed by atoms with van der Waals surface area (Å²) in [6.45, 7) is 5.74. The number of nitrogens with zero attached hydrogens (tertiary/aromatic N) is 1. The van der Waals surface area contributed by atoms with E-state index < -0.39 is 12.6 Å². The van der Waals surface area contributed by atoms with Gasteiger partial charge in [-0.15, -0.1) is 0 Å². The van der Waals surface area contributed by atoms with Crippen LogP contribution in [0.4, 0.5) is 0 Å². The molecule has 4 heteroatoms. The third-order valence-corrected chi connectivity index (χ3v) is 2.41. The van der Waals surface area contributed by atoms with Crippen molar-refractivity contribution < 1.29 is 14.7 Å². The monoisotopic (exact) mass is 249 g/mol. The maximum absolute atomic E-state index is 10.3. The minimum Gasteiger partial charge on any atom is -0.479 e. The summed E-state index contributed by atoms with van der Waals surface area (Å²) in [6, 6.07) is 8.07. The second kappa shape index (κ2) is 6.79. The topological polar surface area (TPSA) is 58.9 Å². The first-order chi connectivity index (χ1) is 8.49. The van der Waals surface area contributed by atoms with Crippen molar-refractivity contribution >= 4 is 11.7 Å². The van der Waals surface area contributed by atoms with Gasteiger partial charge in [-0.3, -0.25) is 0 Å². The maximum Gasteiger partial charge on any atom is 0.344 e. The molecule has 0 aliphatic heterocycles. The summed E-state index contributed by atoms with van der Waals surface area (Å²) >= 11 is 0. The van der Waals surface area contributed by atoms with Crippen molar-refractivity contribution in [2.24, 2.45) is 11.1 Å². The Bertz CT molecular complexity index is 421. The van der Waals surface area contributed by atoms with Gasteiger partial charge < -0.3 is 9.94 Å². The van der Waals surface area contributed by atoms with E-state index in [1.807, 2.05) is 12.1 Å². The highest BCUT2D eigenvalue weighted by Crippen LogP contribution is 2.10. The summed E-state index contributed by atoms with van der Waals surface area (Å²) in [6.07, 6.45) is 1.05. The molecule has 98 valence electrons.